The van der Waals surface area contributed by atoms with E-state index < -0.39 is 105 Å². The number of rotatable bonds is 12. The standard InChI is InChI=1S/C31H42O17/c1-3-16-17(18(28(41)42-2)12-45-29(16)48-31-27(40)24(37)22(35)19(11-32)46-31)10-21(34)44-13-20-23(36)25(38)26(39)30(47-20)43-9-8-14-4-6-15(33)7-5-14/h3-7,12,17,19-20,22-27,29-33,35-40H,8-11,13H2,1-2H3/b16-3+/t17?,19-,20-,22+,23-,24-,25-,26-,27-,29?,30-,31?/m1/s1. The first-order valence-corrected chi connectivity index (χ1v) is 15.2. The lowest BCUT2D eigenvalue weighted by atomic mass is 9.86. The quantitative estimate of drug-likeness (QED) is 0.0834. The van der Waals surface area contributed by atoms with Crippen LogP contribution in [0.1, 0.15) is 18.9 Å². The van der Waals surface area contributed by atoms with Crippen LogP contribution >= 0.6 is 0 Å². The Morgan fingerprint density at radius 1 is 0.875 bits per heavy atom. The number of carbonyl (C=O) groups excluding carboxylic acids is 2. The summed E-state index contributed by atoms with van der Waals surface area (Å²) in [5, 5.41) is 80.8. The molecular formula is C31H42O17. The Hall–Kier alpha value is -3.20. The molecule has 0 saturated carbocycles. The molecule has 12 atom stereocenters. The summed E-state index contributed by atoms with van der Waals surface area (Å²) in [6, 6.07) is 6.37. The van der Waals surface area contributed by atoms with Gasteiger partial charge in [0.25, 0.3) is 0 Å². The first-order valence-electron chi connectivity index (χ1n) is 15.2. The van der Waals surface area contributed by atoms with Gasteiger partial charge in [-0.25, -0.2) is 4.79 Å². The summed E-state index contributed by atoms with van der Waals surface area (Å²) in [6.45, 7) is 0.335. The highest BCUT2D eigenvalue weighted by Gasteiger charge is 2.48. The lowest BCUT2D eigenvalue weighted by molar-refractivity contribution is -0.327. The van der Waals surface area contributed by atoms with E-state index >= 15 is 0 Å². The van der Waals surface area contributed by atoms with E-state index in [0.717, 1.165) is 18.9 Å². The Bertz CT molecular complexity index is 1280. The smallest absolute Gasteiger partial charge is 0.337 e. The molecule has 0 aromatic heterocycles. The van der Waals surface area contributed by atoms with Crippen molar-refractivity contribution in [3.05, 3.63) is 53.3 Å². The van der Waals surface area contributed by atoms with Gasteiger partial charge in [-0.05, 0) is 31.0 Å². The number of hydrogen-bond donors (Lipinski definition) is 8. The van der Waals surface area contributed by atoms with Crippen molar-refractivity contribution in [2.45, 2.75) is 87.5 Å². The molecule has 1 aromatic carbocycles. The van der Waals surface area contributed by atoms with Crippen molar-refractivity contribution in [2.24, 2.45) is 5.92 Å². The molecule has 0 amide bonds. The lowest BCUT2D eigenvalue weighted by Gasteiger charge is -2.42. The maximum atomic E-state index is 13.1. The van der Waals surface area contributed by atoms with E-state index in [0.29, 0.717) is 6.42 Å². The average Bonchev–Trinajstić information content (AvgIpc) is 3.08. The molecule has 8 N–H and O–H groups in total. The topological polar surface area (TPSA) is 261 Å². The van der Waals surface area contributed by atoms with Crippen molar-refractivity contribution < 1.29 is 83.6 Å². The van der Waals surface area contributed by atoms with Crippen molar-refractivity contribution in [3.8, 4) is 5.75 Å². The molecule has 0 radical (unpaired) electrons. The molecule has 3 unspecified atom stereocenters. The first-order chi connectivity index (χ1) is 22.9. The average molecular weight is 687 g/mol. The fourth-order valence-corrected chi connectivity index (χ4v) is 5.47. The fourth-order valence-electron chi connectivity index (χ4n) is 5.47. The molecule has 0 aliphatic carbocycles. The number of aliphatic hydroxyl groups is 7. The summed E-state index contributed by atoms with van der Waals surface area (Å²) >= 11 is 0. The highest BCUT2D eigenvalue weighted by molar-refractivity contribution is 5.90. The normalized spacial score (nSPS) is 36.2. The second kappa shape index (κ2) is 17.0. The van der Waals surface area contributed by atoms with E-state index in [1.807, 2.05) is 0 Å². The number of esters is 2. The number of methoxy groups -OCH3 is 1. The Morgan fingerprint density at radius 3 is 2.12 bits per heavy atom. The van der Waals surface area contributed by atoms with Gasteiger partial charge < -0.3 is 74.0 Å². The van der Waals surface area contributed by atoms with Crippen LogP contribution in [0, 0.1) is 5.92 Å². The Balaban J connectivity index is 1.39. The predicted molar refractivity (Wildman–Crippen MR) is 157 cm³/mol. The minimum Gasteiger partial charge on any atom is -0.508 e. The van der Waals surface area contributed by atoms with Crippen LogP contribution in [0.4, 0.5) is 0 Å². The van der Waals surface area contributed by atoms with E-state index in [9.17, 15) is 50.4 Å². The molecule has 2 fully saturated rings. The van der Waals surface area contributed by atoms with Crippen molar-refractivity contribution in [1.29, 1.82) is 0 Å². The highest BCUT2D eigenvalue weighted by Crippen LogP contribution is 2.36. The molecule has 17 heteroatoms. The number of benzene rings is 1. The maximum absolute atomic E-state index is 13.1. The molecule has 3 aliphatic rings. The number of carbonyl (C=O) groups is 2. The van der Waals surface area contributed by atoms with Gasteiger partial charge in [-0.3, -0.25) is 4.79 Å². The zero-order valence-corrected chi connectivity index (χ0v) is 26.2. The SMILES string of the molecule is C/C=C1/C(OC2O[C@H](CO)[C@H](O)[C@@H](O)[C@H]2O)OC=C(C(=O)OC)C1CC(=O)OC[C@H]1O[C@@H](OCCc2ccc(O)cc2)[C@H](O)[C@H](O)[C@@H]1O. The van der Waals surface area contributed by atoms with Gasteiger partial charge in [-0.1, -0.05) is 18.2 Å². The minimum atomic E-state index is -1.75. The van der Waals surface area contributed by atoms with Crippen molar-refractivity contribution in [2.75, 3.05) is 26.9 Å². The number of hydrogen-bond acceptors (Lipinski definition) is 17. The Labute approximate surface area is 275 Å². The van der Waals surface area contributed by atoms with Crippen molar-refractivity contribution >= 4 is 11.9 Å². The van der Waals surface area contributed by atoms with E-state index in [1.54, 1.807) is 19.1 Å². The van der Waals surface area contributed by atoms with Gasteiger partial charge in [-0.2, -0.15) is 0 Å². The van der Waals surface area contributed by atoms with Crippen LogP contribution < -0.4 is 0 Å². The van der Waals surface area contributed by atoms with Gasteiger partial charge in [0.15, 0.2) is 12.6 Å². The monoisotopic (exact) mass is 686 g/mol. The highest BCUT2D eigenvalue weighted by atomic mass is 16.8. The summed E-state index contributed by atoms with van der Waals surface area (Å²) in [5.74, 6) is -2.69. The number of aromatic hydroxyl groups is 1. The third-order valence-electron chi connectivity index (χ3n) is 8.29. The van der Waals surface area contributed by atoms with Crippen molar-refractivity contribution in [3.63, 3.8) is 0 Å². The van der Waals surface area contributed by atoms with Crippen molar-refractivity contribution in [1.82, 2.24) is 0 Å². The van der Waals surface area contributed by atoms with Crippen LogP contribution in [-0.4, -0.2) is 147 Å². The zero-order valence-electron chi connectivity index (χ0n) is 26.2. The van der Waals surface area contributed by atoms with Gasteiger partial charge in [0.2, 0.25) is 6.29 Å². The molecule has 17 nitrogen and oxygen atoms in total. The van der Waals surface area contributed by atoms with Gasteiger partial charge >= 0.3 is 11.9 Å². The van der Waals surface area contributed by atoms with Gasteiger partial charge in [0.1, 0.15) is 61.2 Å². The summed E-state index contributed by atoms with van der Waals surface area (Å²) in [6.07, 6.45) is -14.6. The van der Waals surface area contributed by atoms with Gasteiger partial charge in [0, 0.05) is 11.5 Å². The second-order valence-corrected chi connectivity index (χ2v) is 11.4. The second-order valence-electron chi connectivity index (χ2n) is 11.4. The molecule has 4 rings (SSSR count). The third-order valence-corrected chi connectivity index (χ3v) is 8.29. The summed E-state index contributed by atoms with van der Waals surface area (Å²) < 4.78 is 38.0. The fraction of sp³-hybridized carbons (Fsp3) is 0.613. The number of aliphatic hydroxyl groups excluding tert-OH is 7. The molecule has 1 aromatic rings. The predicted octanol–water partition coefficient (Wildman–Crippen LogP) is -2.52. The summed E-state index contributed by atoms with van der Waals surface area (Å²) in [5.41, 5.74) is 0.922. The molecule has 3 aliphatic heterocycles. The minimum absolute atomic E-state index is 0.0483. The number of phenols is 1. The van der Waals surface area contributed by atoms with E-state index in [4.69, 9.17) is 33.2 Å². The lowest BCUT2D eigenvalue weighted by Crippen LogP contribution is -2.60. The molecule has 0 bridgehead atoms. The Kier molecular flexibility index (Phi) is 13.3. The number of allylic oxidation sites excluding steroid dienone is 1. The summed E-state index contributed by atoms with van der Waals surface area (Å²) in [4.78, 5) is 25.7. The van der Waals surface area contributed by atoms with E-state index in [-0.39, 0.29) is 23.5 Å². The first kappa shape index (κ1) is 37.6. The van der Waals surface area contributed by atoms with Crippen LogP contribution in [0.3, 0.4) is 0 Å². The van der Waals surface area contributed by atoms with E-state index in [2.05, 4.69) is 0 Å². The van der Waals surface area contributed by atoms with Crippen LogP contribution in [0.25, 0.3) is 0 Å². The van der Waals surface area contributed by atoms with Crippen LogP contribution in [-0.2, 0) is 49.2 Å². The Morgan fingerprint density at radius 2 is 1.50 bits per heavy atom. The van der Waals surface area contributed by atoms with Crippen LogP contribution in [0.5, 0.6) is 5.75 Å². The van der Waals surface area contributed by atoms with Crippen LogP contribution in [0.2, 0.25) is 0 Å². The molecule has 3 heterocycles. The molecule has 0 spiro atoms. The number of ether oxygens (including phenoxy) is 7. The molecular weight excluding hydrogens is 644 g/mol. The molecule has 48 heavy (non-hydrogen) atoms. The third kappa shape index (κ3) is 8.68. The van der Waals surface area contributed by atoms with Gasteiger partial charge in [0.05, 0.1) is 38.6 Å². The largest absolute Gasteiger partial charge is 0.508 e. The molecule has 2 saturated heterocycles. The van der Waals surface area contributed by atoms with Gasteiger partial charge in [-0.15, -0.1) is 0 Å². The number of phenolic OH excluding ortho intramolecular Hbond substituents is 1. The summed E-state index contributed by atoms with van der Waals surface area (Å²) in [7, 11) is 1.12. The zero-order chi connectivity index (χ0) is 35.1. The maximum Gasteiger partial charge on any atom is 0.337 e. The molecule has 268 valence electrons. The van der Waals surface area contributed by atoms with E-state index in [1.165, 1.54) is 18.2 Å². The van der Waals surface area contributed by atoms with Crippen LogP contribution in [0.15, 0.2) is 47.7 Å².